The van der Waals surface area contributed by atoms with Gasteiger partial charge in [-0.1, -0.05) is 78.9 Å². The first-order chi connectivity index (χ1) is 13.0. The quantitative estimate of drug-likeness (QED) is 0.639. The van der Waals surface area contributed by atoms with Crippen molar-refractivity contribution in [3.63, 3.8) is 0 Å². The van der Waals surface area contributed by atoms with E-state index < -0.39 is 15.4 Å². The van der Waals surface area contributed by atoms with Crippen LogP contribution in [0.4, 0.5) is 0 Å². The topological polar surface area (TPSA) is 43.4 Å². The number of rotatable bonds is 4. The van der Waals surface area contributed by atoms with Crippen molar-refractivity contribution < 1.29 is 13.2 Å². The zero-order valence-electron chi connectivity index (χ0n) is 15.0. The lowest BCUT2D eigenvalue weighted by atomic mass is 9.84. The smallest absolute Gasteiger partial charge is 0.206 e. The first kappa shape index (κ1) is 17.6. The van der Waals surface area contributed by atoms with E-state index in [2.05, 4.69) is 0 Å². The molecule has 0 bridgehead atoms. The summed E-state index contributed by atoms with van der Waals surface area (Å²) in [7, 11) is -3.62. The normalized spacial score (nSPS) is 16.2. The highest BCUT2D eigenvalue weighted by molar-refractivity contribution is 7.95. The second kappa shape index (κ2) is 6.71. The van der Waals surface area contributed by atoms with Crippen LogP contribution in [-0.4, -0.2) is 8.42 Å². The summed E-state index contributed by atoms with van der Waals surface area (Å²) in [4.78, 5) is 0.626. The Hall–Kier alpha value is -2.85. The van der Waals surface area contributed by atoms with Crippen LogP contribution < -0.4 is 0 Å². The fourth-order valence-electron chi connectivity index (χ4n) is 3.63. The lowest BCUT2D eigenvalue weighted by Crippen LogP contribution is -2.27. The molecule has 0 aromatic heterocycles. The summed E-state index contributed by atoms with van der Waals surface area (Å²) < 4.78 is 32.9. The van der Waals surface area contributed by atoms with Crippen LogP contribution in [0.1, 0.15) is 24.5 Å². The van der Waals surface area contributed by atoms with Crippen molar-refractivity contribution in [2.75, 3.05) is 0 Å². The molecule has 27 heavy (non-hydrogen) atoms. The van der Waals surface area contributed by atoms with Crippen molar-refractivity contribution in [1.82, 2.24) is 0 Å². The Balaban J connectivity index is 1.84. The van der Waals surface area contributed by atoms with Crippen molar-refractivity contribution in [3.8, 4) is 0 Å². The van der Waals surface area contributed by atoms with E-state index in [1.165, 1.54) is 0 Å². The van der Waals surface area contributed by atoms with Crippen LogP contribution in [-0.2, 0) is 20.2 Å². The average Bonchev–Trinajstić information content (AvgIpc) is 3.09. The molecule has 0 saturated heterocycles. The van der Waals surface area contributed by atoms with Crippen molar-refractivity contribution in [2.45, 2.75) is 23.8 Å². The molecule has 0 N–H and O–H groups in total. The van der Waals surface area contributed by atoms with E-state index in [0.717, 1.165) is 11.1 Å². The first-order valence-corrected chi connectivity index (χ1v) is 10.3. The second-order valence-corrected chi connectivity index (χ2v) is 8.60. The van der Waals surface area contributed by atoms with Crippen molar-refractivity contribution in [1.29, 1.82) is 0 Å². The van der Waals surface area contributed by atoms with Crippen LogP contribution in [0.3, 0.4) is 0 Å². The average molecular weight is 376 g/mol. The minimum Gasteiger partial charge on any atom is -0.481 e. The van der Waals surface area contributed by atoms with Gasteiger partial charge in [0.15, 0.2) is 5.60 Å². The molecule has 3 aromatic rings. The molecule has 0 spiro atoms. The van der Waals surface area contributed by atoms with Gasteiger partial charge in [0, 0.05) is 17.5 Å². The fraction of sp³-hybridized carbons (Fsp3) is 0.130. The Morgan fingerprint density at radius 3 is 1.67 bits per heavy atom. The molecule has 0 fully saturated rings. The highest BCUT2D eigenvalue weighted by atomic mass is 32.2. The van der Waals surface area contributed by atoms with E-state index >= 15 is 0 Å². The van der Waals surface area contributed by atoms with Crippen LogP contribution >= 0.6 is 0 Å². The Bertz CT molecular complexity index is 1030. The van der Waals surface area contributed by atoms with Gasteiger partial charge in [-0.15, -0.1) is 0 Å². The van der Waals surface area contributed by atoms with Gasteiger partial charge in [0.25, 0.3) is 0 Å². The molecule has 4 heteroatoms. The minimum absolute atomic E-state index is 0.268. The van der Waals surface area contributed by atoms with E-state index in [-0.39, 0.29) is 6.42 Å². The van der Waals surface area contributed by atoms with Gasteiger partial charge in [0.05, 0.1) is 9.80 Å². The van der Waals surface area contributed by atoms with Crippen molar-refractivity contribution in [2.24, 2.45) is 0 Å². The highest BCUT2D eigenvalue weighted by Crippen LogP contribution is 2.49. The van der Waals surface area contributed by atoms with Crippen molar-refractivity contribution in [3.05, 3.63) is 113 Å². The zero-order valence-corrected chi connectivity index (χ0v) is 15.8. The van der Waals surface area contributed by atoms with E-state index in [0.29, 0.717) is 15.6 Å². The molecular weight excluding hydrogens is 356 g/mol. The Morgan fingerprint density at radius 1 is 0.741 bits per heavy atom. The predicted molar refractivity (Wildman–Crippen MR) is 106 cm³/mol. The summed E-state index contributed by atoms with van der Waals surface area (Å²) in [6.07, 6.45) is 0.268. The number of hydrogen-bond acceptors (Lipinski definition) is 3. The third-order valence-corrected chi connectivity index (χ3v) is 6.96. The largest absolute Gasteiger partial charge is 0.481 e. The molecule has 4 rings (SSSR count). The molecule has 3 nitrogen and oxygen atoms in total. The van der Waals surface area contributed by atoms with Crippen LogP contribution in [0.25, 0.3) is 0 Å². The Labute approximate surface area is 159 Å². The van der Waals surface area contributed by atoms with Gasteiger partial charge in [0.1, 0.15) is 5.76 Å². The van der Waals surface area contributed by atoms with Gasteiger partial charge in [-0.3, -0.25) is 0 Å². The molecule has 1 aliphatic rings. The van der Waals surface area contributed by atoms with Gasteiger partial charge in [-0.05, 0) is 19.1 Å². The highest BCUT2D eigenvalue weighted by Gasteiger charge is 2.46. The third kappa shape index (κ3) is 2.96. The fourth-order valence-corrected chi connectivity index (χ4v) is 5.25. The minimum atomic E-state index is -3.62. The Kier molecular flexibility index (Phi) is 4.36. The first-order valence-electron chi connectivity index (χ1n) is 8.84. The molecular formula is C23H20O3S. The Morgan fingerprint density at radius 2 is 1.19 bits per heavy atom. The summed E-state index contributed by atoms with van der Waals surface area (Å²) in [5, 5.41) is 0. The lowest BCUT2D eigenvalue weighted by molar-refractivity contribution is 0.0624. The van der Waals surface area contributed by atoms with Crippen LogP contribution in [0, 0.1) is 0 Å². The maximum atomic E-state index is 13.3. The van der Waals surface area contributed by atoms with Gasteiger partial charge >= 0.3 is 0 Å². The molecule has 0 aliphatic carbocycles. The molecule has 0 atom stereocenters. The predicted octanol–water partition coefficient (Wildman–Crippen LogP) is 5.06. The van der Waals surface area contributed by atoms with E-state index in [4.69, 9.17) is 4.74 Å². The molecule has 0 unspecified atom stereocenters. The molecule has 1 heterocycles. The molecule has 0 saturated carbocycles. The number of allylic oxidation sites excluding steroid dienone is 1. The van der Waals surface area contributed by atoms with Gasteiger partial charge < -0.3 is 4.74 Å². The summed E-state index contributed by atoms with van der Waals surface area (Å²) in [6, 6.07) is 28.1. The van der Waals surface area contributed by atoms with Gasteiger partial charge in [-0.2, -0.15) is 0 Å². The number of sulfone groups is 1. The SMILES string of the molecule is CC1=C(S(=O)(=O)c2ccccc2)CC(c2ccccc2)(c2ccccc2)O1. The van der Waals surface area contributed by atoms with Crippen molar-refractivity contribution >= 4 is 9.84 Å². The number of ether oxygens (including phenoxy) is 1. The number of benzene rings is 3. The third-order valence-electron chi connectivity index (χ3n) is 4.99. The molecule has 1 aliphatic heterocycles. The summed E-state index contributed by atoms with van der Waals surface area (Å²) in [5.74, 6) is 0.451. The van der Waals surface area contributed by atoms with E-state index in [1.807, 2.05) is 66.7 Å². The monoisotopic (exact) mass is 376 g/mol. The molecule has 136 valence electrons. The molecule has 3 aromatic carbocycles. The maximum absolute atomic E-state index is 13.3. The number of hydrogen-bond donors (Lipinski definition) is 0. The summed E-state index contributed by atoms with van der Waals surface area (Å²) in [6.45, 7) is 1.74. The van der Waals surface area contributed by atoms with Gasteiger partial charge in [-0.25, -0.2) is 8.42 Å². The molecule has 0 amide bonds. The van der Waals surface area contributed by atoms with E-state index in [9.17, 15) is 8.42 Å². The summed E-state index contributed by atoms with van der Waals surface area (Å²) >= 11 is 0. The van der Waals surface area contributed by atoms with Gasteiger partial charge in [0.2, 0.25) is 9.84 Å². The zero-order chi connectivity index (χ0) is 18.9. The second-order valence-electron chi connectivity index (χ2n) is 6.63. The molecule has 0 radical (unpaired) electrons. The van der Waals surface area contributed by atoms with E-state index in [1.54, 1.807) is 31.2 Å². The van der Waals surface area contributed by atoms with Crippen LogP contribution in [0.5, 0.6) is 0 Å². The summed E-state index contributed by atoms with van der Waals surface area (Å²) in [5.41, 5.74) is 1.03. The van der Waals surface area contributed by atoms with Crippen LogP contribution in [0.2, 0.25) is 0 Å². The lowest BCUT2D eigenvalue weighted by Gasteiger charge is -2.31. The standard InChI is InChI=1S/C23H20O3S/c1-18-22(27(24,25)21-15-9-4-10-16-21)17-23(26-18,19-11-5-2-6-12-19)20-13-7-3-8-14-20/h2-16H,17H2,1H3. The van der Waals surface area contributed by atoms with Crippen LogP contribution in [0.15, 0.2) is 107 Å². The maximum Gasteiger partial charge on any atom is 0.206 e.